The molecule has 0 aliphatic carbocycles. The van der Waals surface area contributed by atoms with E-state index >= 15 is 0 Å². The lowest BCUT2D eigenvalue weighted by Gasteiger charge is -2.09. The SMILES string of the molecule is O=C(CCCNS(=O)(=O)c1ccc(F)cc1F)Nc1ccc2ccccc2c1. The normalized spacial score (nSPS) is 11.5. The number of anilines is 1. The number of nitrogens with one attached hydrogen (secondary N) is 2. The third-order valence-corrected chi connectivity index (χ3v) is 5.58. The van der Waals surface area contributed by atoms with Crippen molar-refractivity contribution in [3.63, 3.8) is 0 Å². The maximum Gasteiger partial charge on any atom is 0.243 e. The number of halogens is 2. The second kappa shape index (κ2) is 8.45. The van der Waals surface area contributed by atoms with Crippen LogP contribution in [-0.2, 0) is 14.8 Å². The lowest BCUT2D eigenvalue weighted by atomic mass is 10.1. The van der Waals surface area contributed by atoms with Crippen molar-refractivity contribution in [1.29, 1.82) is 0 Å². The zero-order chi connectivity index (χ0) is 20.1. The molecule has 0 aliphatic rings. The summed E-state index contributed by atoms with van der Waals surface area (Å²) in [5, 5.41) is 4.81. The number of carbonyl (C=O) groups is 1. The minimum Gasteiger partial charge on any atom is -0.326 e. The van der Waals surface area contributed by atoms with Gasteiger partial charge in [-0.1, -0.05) is 30.3 Å². The van der Waals surface area contributed by atoms with Gasteiger partial charge >= 0.3 is 0 Å². The Morgan fingerprint density at radius 3 is 2.43 bits per heavy atom. The zero-order valence-corrected chi connectivity index (χ0v) is 15.6. The van der Waals surface area contributed by atoms with Gasteiger partial charge < -0.3 is 5.32 Å². The molecular formula is C20H18F2N2O3S. The van der Waals surface area contributed by atoms with E-state index in [4.69, 9.17) is 0 Å². The maximum absolute atomic E-state index is 13.6. The summed E-state index contributed by atoms with van der Waals surface area (Å²) in [6, 6.07) is 15.5. The van der Waals surface area contributed by atoms with E-state index in [1.54, 1.807) is 6.07 Å². The third kappa shape index (κ3) is 4.90. The molecule has 0 unspecified atom stereocenters. The standard InChI is InChI=1S/C20H18F2N2O3S/c21-16-8-10-19(18(22)13-16)28(26,27)23-11-3-6-20(25)24-17-9-7-14-4-1-2-5-15(14)12-17/h1-2,4-5,7-10,12-13,23H,3,6,11H2,(H,24,25). The van der Waals surface area contributed by atoms with Crippen LogP contribution in [0.4, 0.5) is 14.5 Å². The number of hydrogen-bond donors (Lipinski definition) is 2. The van der Waals surface area contributed by atoms with Crippen LogP contribution in [0.5, 0.6) is 0 Å². The fraction of sp³-hybridized carbons (Fsp3) is 0.150. The number of sulfonamides is 1. The largest absolute Gasteiger partial charge is 0.326 e. The second-order valence-electron chi connectivity index (χ2n) is 6.19. The summed E-state index contributed by atoms with van der Waals surface area (Å²) < 4.78 is 52.8. The molecular weight excluding hydrogens is 386 g/mol. The van der Waals surface area contributed by atoms with Crippen LogP contribution in [0.1, 0.15) is 12.8 Å². The molecule has 0 aromatic heterocycles. The van der Waals surface area contributed by atoms with Gasteiger partial charge in [0, 0.05) is 24.7 Å². The highest BCUT2D eigenvalue weighted by Crippen LogP contribution is 2.19. The van der Waals surface area contributed by atoms with Gasteiger partial charge in [0.15, 0.2) is 0 Å². The van der Waals surface area contributed by atoms with E-state index in [1.807, 2.05) is 36.4 Å². The van der Waals surface area contributed by atoms with Gasteiger partial charge in [0.05, 0.1) is 0 Å². The average Bonchev–Trinajstić information content (AvgIpc) is 2.65. The van der Waals surface area contributed by atoms with Crippen molar-refractivity contribution in [2.45, 2.75) is 17.7 Å². The highest BCUT2D eigenvalue weighted by Gasteiger charge is 2.19. The molecule has 0 fully saturated rings. The van der Waals surface area contributed by atoms with Crippen molar-refractivity contribution in [3.05, 3.63) is 72.3 Å². The van der Waals surface area contributed by atoms with E-state index in [-0.39, 0.29) is 25.3 Å². The number of amides is 1. The summed E-state index contributed by atoms with van der Waals surface area (Å²) in [5.41, 5.74) is 0.651. The molecule has 0 bridgehead atoms. The Bertz CT molecular complexity index is 1120. The molecule has 0 saturated heterocycles. The Balaban J connectivity index is 1.50. The molecule has 3 rings (SSSR count). The van der Waals surface area contributed by atoms with Crippen LogP contribution in [0, 0.1) is 11.6 Å². The van der Waals surface area contributed by atoms with Gasteiger partial charge in [0.25, 0.3) is 0 Å². The quantitative estimate of drug-likeness (QED) is 0.588. The fourth-order valence-electron chi connectivity index (χ4n) is 2.72. The van der Waals surface area contributed by atoms with Gasteiger partial charge in [-0.05, 0) is 41.5 Å². The van der Waals surface area contributed by atoms with E-state index in [9.17, 15) is 22.0 Å². The lowest BCUT2D eigenvalue weighted by molar-refractivity contribution is -0.116. The molecule has 0 saturated carbocycles. The molecule has 0 heterocycles. The predicted molar refractivity (Wildman–Crippen MR) is 103 cm³/mol. The summed E-state index contributed by atoms with van der Waals surface area (Å²) in [4.78, 5) is 11.4. The summed E-state index contributed by atoms with van der Waals surface area (Å²) in [6.45, 7) is -0.0513. The molecule has 28 heavy (non-hydrogen) atoms. The minimum atomic E-state index is -4.11. The van der Waals surface area contributed by atoms with Crippen molar-refractivity contribution >= 4 is 32.4 Å². The topological polar surface area (TPSA) is 75.3 Å². The van der Waals surface area contributed by atoms with Gasteiger partial charge in [0.1, 0.15) is 16.5 Å². The van der Waals surface area contributed by atoms with E-state index in [1.165, 1.54) is 0 Å². The summed E-state index contributed by atoms with van der Waals surface area (Å²) in [6.07, 6.45) is 0.308. The van der Waals surface area contributed by atoms with Crippen molar-refractivity contribution in [2.24, 2.45) is 0 Å². The van der Waals surface area contributed by atoms with E-state index < -0.39 is 26.6 Å². The number of hydrogen-bond acceptors (Lipinski definition) is 3. The monoisotopic (exact) mass is 404 g/mol. The molecule has 1 amide bonds. The first-order valence-electron chi connectivity index (χ1n) is 8.58. The first-order valence-corrected chi connectivity index (χ1v) is 10.1. The van der Waals surface area contributed by atoms with Crippen molar-refractivity contribution < 1.29 is 22.0 Å². The molecule has 8 heteroatoms. The Morgan fingerprint density at radius 1 is 0.929 bits per heavy atom. The van der Waals surface area contributed by atoms with E-state index in [0.29, 0.717) is 11.8 Å². The second-order valence-corrected chi connectivity index (χ2v) is 7.92. The van der Waals surface area contributed by atoms with Gasteiger partial charge in [-0.15, -0.1) is 0 Å². The molecule has 2 N–H and O–H groups in total. The first-order chi connectivity index (χ1) is 13.3. The van der Waals surface area contributed by atoms with Crippen LogP contribution in [0.15, 0.2) is 65.6 Å². The Morgan fingerprint density at radius 2 is 1.68 bits per heavy atom. The molecule has 0 aliphatic heterocycles. The summed E-state index contributed by atoms with van der Waals surface area (Å²) >= 11 is 0. The van der Waals surface area contributed by atoms with Gasteiger partial charge in [-0.3, -0.25) is 4.79 Å². The predicted octanol–water partition coefficient (Wildman–Crippen LogP) is 3.82. The van der Waals surface area contributed by atoms with Crippen LogP contribution in [0.2, 0.25) is 0 Å². The average molecular weight is 404 g/mol. The molecule has 0 radical (unpaired) electrons. The van der Waals surface area contributed by atoms with Crippen LogP contribution in [0.3, 0.4) is 0 Å². The number of carbonyl (C=O) groups excluding carboxylic acids is 1. The van der Waals surface area contributed by atoms with Gasteiger partial charge in [0.2, 0.25) is 15.9 Å². The summed E-state index contributed by atoms with van der Waals surface area (Å²) in [7, 11) is -4.11. The third-order valence-electron chi connectivity index (χ3n) is 4.09. The van der Waals surface area contributed by atoms with Crippen molar-refractivity contribution in [2.75, 3.05) is 11.9 Å². The van der Waals surface area contributed by atoms with Gasteiger partial charge in [-0.2, -0.15) is 0 Å². The number of fused-ring (bicyclic) bond motifs is 1. The molecule has 146 valence electrons. The molecule has 5 nitrogen and oxygen atoms in total. The fourth-order valence-corrected chi connectivity index (χ4v) is 3.85. The molecule has 0 atom stereocenters. The highest BCUT2D eigenvalue weighted by molar-refractivity contribution is 7.89. The highest BCUT2D eigenvalue weighted by atomic mass is 32.2. The maximum atomic E-state index is 13.6. The molecule has 3 aromatic rings. The minimum absolute atomic E-state index is 0.0513. The first kappa shape index (κ1) is 19.9. The van der Waals surface area contributed by atoms with Crippen molar-refractivity contribution in [3.8, 4) is 0 Å². The van der Waals surface area contributed by atoms with Crippen molar-refractivity contribution in [1.82, 2.24) is 4.72 Å². The Hall–Kier alpha value is -2.84. The van der Waals surface area contributed by atoms with Gasteiger partial charge in [-0.25, -0.2) is 21.9 Å². The molecule has 3 aromatic carbocycles. The van der Waals surface area contributed by atoms with Crippen LogP contribution in [0.25, 0.3) is 10.8 Å². The van der Waals surface area contributed by atoms with E-state index in [2.05, 4.69) is 10.0 Å². The van der Waals surface area contributed by atoms with Crippen LogP contribution in [-0.4, -0.2) is 20.9 Å². The summed E-state index contributed by atoms with van der Waals surface area (Å²) in [5.74, 6) is -2.29. The van der Waals surface area contributed by atoms with Crippen LogP contribution >= 0.6 is 0 Å². The number of rotatable bonds is 7. The zero-order valence-electron chi connectivity index (χ0n) is 14.8. The van der Waals surface area contributed by atoms with E-state index in [0.717, 1.165) is 22.9 Å². The number of benzene rings is 3. The lowest BCUT2D eigenvalue weighted by Crippen LogP contribution is -2.26. The smallest absolute Gasteiger partial charge is 0.243 e. The van der Waals surface area contributed by atoms with Crippen LogP contribution < -0.4 is 10.0 Å². The molecule has 0 spiro atoms. The Labute approximate surface area is 161 Å². The Kier molecular flexibility index (Phi) is 6.01.